The van der Waals surface area contributed by atoms with Crippen LogP contribution in [0, 0.1) is 0 Å². The third kappa shape index (κ3) is 3.14. The van der Waals surface area contributed by atoms with Crippen LogP contribution in [0.1, 0.15) is 18.4 Å². The summed E-state index contributed by atoms with van der Waals surface area (Å²) in [7, 11) is 0. The molecule has 0 spiro atoms. The van der Waals surface area contributed by atoms with E-state index in [0.717, 1.165) is 35.6 Å². The van der Waals surface area contributed by atoms with Gasteiger partial charge in [0, 0.05) is 18.5 Å². The zero-order chi connectivity index (χ0) is 15.5. The monoisotopic (exact) mass is 304 g/mol. The lowest BCUT2D eigenvalue weighted by Crippen LogP contribution is -2.18. The van der Waals surface area contributed by atoms with Crippen molar-refractivity contribution >= 4 is 16.7 Å². The molecule has 4 rings (SSSR count). The summed E-state index contributed by atoms with van der Waals surface area (Å²) < 4.78 is 5.89. The molecule has 1 aliphatic rings. The second-order valence-corrected chi connectivity index (χ2v) is 5.99. The molecule has 1 fully saturated rings. The number of hydrogen-bond acceptors (Lipinski definition) is 3. The fraction of sp³-hybridized carbons (Fsp3) is 0.250. The minimum Gasteiger partial charge on any atom is -0.489 e. The summed E-state index contributed by atoms with van der Waals surface area (Å²) in [5, 5.41) is 1.12. The molecule has 3 aromatic rings. The van der Waals surface area contributed by atoms with Crippen LogP contribution in [0.2, 0.25) is 0 Å². The highest BCUT2D eigenvalue weighted by atomic mass is 16.5. The summed E-state index contributed by atoms with van der Waals surface area (Å²) in [4.78, 5) is 7.15. The summed E-state index contributed by atoms with van der Waals surface area (Å²) in [6.07, 6.45) is 2.54. The lowest BCUT2D eigenvalue weighted by atomic mass is 10.2. The van der Waals surface area contributed by atoms with Gasteiger partial charge in [0.1, 0.15) is 18.2 Å². The molecule has 2 aromatic carbocycles. The lowest BCUT2D eigenvalue weighted by molar-refractivity contribution is 0.306. The van der Waals surface area contributed by atoms with Crippen molar-refractivity contribution in [2.24, 2.45) is 0 Å². The Kier molecular flexibility index (Phi) is 3.85. The van der Waals surface area contributed by atoms with Gasteiger partial charge in [-0.3, -0.25) is 0 Å². The topological polar surface area (TPSA) is 25.4 Å². The Balaban J connectivity index is 1.52. The van der Waals surface area contributed by atoms with Gasteiger partial charge >= 0.3 is 0 Å². The summed E-state index contributed by atoms with van der Waals surface area (Å²) in [5.41, 5.74) is 2.21. The van der Waals surface area contributed by atoms with Crippen LogP contribution >= 0.6 is 0 Å². The van der Waals surface area contributed by atoms with E-state index >= 15 is 0 Å². The van der Waals surface area contributed by atoms with Gasteiger partial charge in [-0.15, -0.1) is 0 Å². The summed E-state index contributed by atoms with van der Waals surface area (Å²) in [5.74, 6) is 1.98. The number of anilines is 1. The molecule has 0 amide bonds. The van der Waals surface area contributed by atoms with Gasteiger partial charge in [-0.1, -0.05) is 30.3 Å². The Morgan fingerprint density at radius 2 is 1.74 bits per heavy atom. The van der Waals surface area contributed by atoms with Crippen molar-refractivity contribution in [1.29, 1.82) is 0 Å². The number of hydrogen-bond donors (Lipinski definition) is 0. The maximum absolute atomic E-state index is 5.89. The standard InChI is InChI=1S/C20H20N2O/c1-2-6-16(7-3-1)15-23-18-9-10-19-17(14-18)8-11-20(21-19)22-12-4-5-13-22/h1-3,6-11,14H,4-5,12-13,15H2. The fourth-order valence-electron chi connectivity index (χ4n) is 3.05. The molecular weight excluding hydrogens is 284 g/mol. The average molecular weight is 304 g/mol. The molecule has 3 heteroatoms. The Labute approximate surface area is 136 Å². The smallest absolute Gasteiger partial charge is 0.129 e. The highest BCUT2D eigenvalue weighted by molar-refractivity contribution is 5.81. The first-order chi connectivity index (χ1) is 11.4. The maximum Gasteiger partial charge on any atom is 0.129 e. The Morgan fingerprint density at radius 3 is 2.57 bits per heavy atom. The van der Waals surface area contributed by atoms with Crippen molar-refractivity contribution in [3.05, 3.63) is 66.2 Å². The van der Waals surface area contributed by atoms with Crippen molar-refractivity contribution < 1.29 is 4.74 Å². The summed E-state index contributed by atoms with van der Waals surface area (Å²) >= 11 is 0. The number of fused-ring (bicyclic) bond motifs is 1. The van der Waals surface area contributed by atoms with Crippen LogP contribution in [0.5, 0.6) is 5.75 Å². The number of aromatic nitrogens is 1. The molecule has 0 unspecified atom stereocenters. The molecule has 1 aromatic heterocycles. The van der Waals surface area contributed by atoms with Crippen LogP contribution in [0.4, 0.5) is 5.82 Å². The van der Waals surface area contributed by atoms with Gasteiger partial charge in [0.15, 0.2) is 0 Å². The second kappa shape index (κ2) is 6.29. The first kappa shape index (κ1) is 14.1. The molecule has 0 atom stereocenters. The maximum atomic E-state index is 5.89. The molecule has 116 valence electrons. The molecule has 0 radical (unpaired) electrons. The summed E-state index contributed by atoms with van der Waals surface area (Å²) in [6, 6.07) is 20.6. The van der Waals surface area contributed by atoms with E-state index in [2.05, 4.69) is 41.3 Å². The highest BCUT2D eigenvalue weighted by Gasteiger charge is 2.13. The van der Waals surface area contributed by atoms with E-state index in [-0.39, 0.29) is 0 Å². The SMILES string of the molecule is c1ccc(COc2ccc3nc(N4CCCC4)ccc3c2)cc1. The number of pyridine rings is 1. The van der Waals surface area contributed by atoms with E-state index in [0.29, 0.717) is 6.61 Å². The predicted octanol–water partition coefficient (Wildman–Crippen LogP) is 4.41. The molecule has 1 saturated heterocycles. The van der Waals surface area contributed by atoms with Crippen LogP contribution in [-0.4, -0.2) is 18.1 Å². The normalized spacial score (nSPS) is 14.3. The van der Waals surface area contributed by atoms with Gasteiger partial charge in [-0.2, -0.15) is 0 Å². The van der Waals surface area contributed by atoms with Gasteiger partial charge in [-0.25, -0.2) is 4.98 Å². The number of ether oxygens (including phenoxy) is 1. The molecular formula is C20H20N2O. The van der Waals surface area contributed by atoms with Gasteiger partial charge in [0.2, 0.25) is 0 Å². The molecule has 2 heterocycles. The highest BCUT2D eigenvalue weighted by Crippen LogP contribution is 2.25. The van der Waals surface area contributed by atoms with Crippen molar-refractivity contribution in [2.45, 2.75) is 19.4 Å². The third-order valence-electron chi connectivity index (χ3n) is 4.32. The minimum atomic E-state index is 0.589. The number of nitrogens with zero attached hydrogens (tertiary/aromatic N) is 2. The zero-order valence-electron chi connectivity index (χ0n) is 13.1. The van der Waals surface area contributed by atoms with Gasteiger partial charge < -0.3 is 9.64 Å². The Morgan fingerprint density at radius 1 is 0.913 bits per heavy atom. The van der Waals surface area contributed by atoms with Crippen molar-refractivity contribution in [3.63, 3.8) is 0 Å². The van der Waals surface area contributed by atoms with E-state index < -0.39 is 0 Å². The third-order valence-corrected chi connectivity index (χ3v) is 4.32. The molecule has 3 nitrogen and oxygen atoms in total. The van der Waals surface area contributed by atoms with E-state index in [1.807, 2.05) is 24.3 Å². The summed E-state index contributed by atoms with van der Waals surface area (Å²) in [6.45, 7) is 2.83. The van der Waals surface area contributed by atoms with Crippen LogP contribution in [0.3, 0.4) is 0 Å². The van der Waals surface area contributed by atoms with Gasteiger partial charge in [0.05, 0.1) is 5.52 Å². The number of benzene rings is 2. The second-order valence-electron chi connectivity index (χ2n) is 5.99. The van der Waals surface area contributed by atoms with Gasteiger partial charge in [0.25, 0.3) is 0 Å². The van der Waals surface area contributed by atoms with Crippen LogP contribution in [0.15, 0.2) is 60.7 Å². The Hall–Kier alpha value is -2.55. The van der Waals surface area contributed by atoms with Gasteiger partial charge in [-0.05, 0) is 48.7 Å². The van der Waals surface area contributed by atoms with Crippen LogP contribution < -0.4 is 9.64 Å². The molecule has 23 heavy (non-hydrogen) atoms. The van der Waals surface area contributed by atoms with E-state index in [9.17, 15) is 0 Å². The Bertz CT molecular complexity index is 795. The van der Waals surface area contributed by atoms with Crippen LogP contribution in [0.25, 0.3) is 10.9 Å². The van der Waals surface area contributed by atoms with Crippen molar-refractivity contribution in [1.82, 2.24) is 4.98 Å². The molecule has 1 aliphatic heterocycles. The van der Waals surface area contributed by atoms with Crippen molar-refractivity contribution in [3.8, 4) is 5.75 Å². The molecule has 0 aliphatic carbocycles. The lowest BCUT2D eigenvalue weighted by Gasteiger charge is -2.16. The quantitative estimate of drug-likeness (QED) is 0.713. The van der Waals surface area contributed by atoms with Crippen LogP contribution in [-0.2, 0) is 6.61 Å². The molecule has 0 bridgehead atoms. The first-order valence-electron chi connectivity index (χ1n) is 8.21. The van der Waals surface area contributed by atoms with E-state index in [1.54, 1.807) is 0 Å². The largest absolute Gasteiger partial charge is 0.489 e. The van der Waals surface area contributed by atoms with Crippen molar-refractivity contribution in [2.75, 3.05) is 18.0 Å². The fourth-order valence-corrected chi connectivity index (χ4v) is 3.05. The molecule has 0 N–H and O–H groups in total. The van der Waals surface area contributed by atoms with E-state index in [1.165, 1.54) is 18.4 Å². The average Bonchev–Trinajstić information content (AvgIpc) is 3.15. The minimum absolute atomic E-state index is 0.589. The number of rotatable bonds is 4. The van der Waals surface area contributed by atoms with E-state index in [4.69, 9.17) is 9.72 Å². The molecule has 0 saturated carbocycles. The zero-order valence-corrected chi connectivity index (χ0v) is 13.1. The predicted molar refractivity (Wildman–Crippen MR) is 94.0 cm³/mol. The first-order valence-corrected chi connectivity index (χ1v) is 8.21.